The first-order chi connectivity index (χ1) is 14.3. The summed E-state index contributed by atoms with van der Waals surface area (Å²) < 4.78 is 12.1. The van der Waals surface area contributed by atoms with Crippen LogP contribution < -0.4 is 20.3 Å². The number of hydrogen-bond donors (Lipinski definition) is 2. The van der Waals surface area contributed by atoms with Gasteiger partial charge in [-0.1, -0.05) is 0 Å². The van der Waals surface area contributed by atoms with Crippen molar-refractivity contribution in [2.45, 2.75) is 27.3 Å². The Kier molecular flexibility index (Phi) is 6.36. The number of benzene rings is 1. The fourth-order valence-corrected chi connectivity index (χ4v) is 3.85. The van der Waals surface area contributed by atoms with Crippen molar-refractivity contribution < 1.29 is 19.1 Å². The monoisotopic (exact) mass is 429 g/mol. The molecular formula is C20H23N5O4S. The van der Waals surface area contributed by atoms with Gasteiger partial charge in [-0.05, 0) is 45.0 Å². The first kappa shape index (κ1) is 21.3. The number of methoxy groups -OCH3 is 2. The number of aryl methyl sites for hydroxylation is 3. The Balaban J connectivity index is 1.68. The molecule has 2 aromatic heterocycles. The molecule has 0 aliphatic heterocycles. The fraction of sp³-hybridized carbons (Fsp3) is 0.300. The van der Waals surface area contributed by atoms with E-state index in [-0.39, 0.29) is 12.5 Å². The SMILES string of the molecule is COc1ccc(-c2nc(C)c(C(=O)NNC(=O)Cn3nc(C)cc3C)s2)cc1OC. The molecule has 1 aromatic carbocycles. The number of hydrogen-bond acceptors (Lipinski definition) is 7. The number of nitrogens with one attached hydrogen (secondary N) is 2. The standard InChI is InChI=1S/C20H23N5O4S/c1-11-8-12(2)25(24-11)10-17(26)22-23-19(27)18-13(3)21-20(30-18)14-6-7-15(28-4)16(9-14)29-5/h6-9H,10H2,1-5H3,(H,22,26)(H,23,27). The van der Waals surface area contributed by atoms with E-state index in [2.05, 4.69) is 20.9 Å². The van der Waals surface area contributed by atoms with Gasteiger partial charge in [0.05, 0.1) is 25.6 Å². The zero-order chi connectivity index (χ0) is 21.8. The van der Waals surface area contributed by atoms with E-state index >= 15 is 0 Å². The molecule has 2 amide bonds. The molecule has 0 spiro atoms. The molecule has 9 nitrogen and oxygen atoms in total. The second-order valence-electron chi connectivity index (χ2n) is 6.59. The highest BCUT2D eigenvalue weighted by atomic mass is 32.1. The van der Waals surface area contributed by atoms with Gasteiger partial charge in [0.15, 0.2) is 11.5 Å². The van der Waals surface area contributed by atoms with Crippen LogP contribution >= 0.6 is 11.3 Å². The van der Waals surface area contributed by atoms with Gasteiger partial charge in [0.2, 0.25) is 0 Å². The molecule has 0 radical (unpaired) electrons. The zero-order valence-corrected chi connectivity index (χ0v) is 18.2. The largest absolute Gasteiger partial charge is 0.493 e. The van der Waals surface area contributed by atoms with Gasteiger partial charge < -0.3 is 9.47 Å². The Hall–Kier alpha value is -3.40. The summed E-state index contributed by atoms with van der Waals surface area (Å²) in [6.07, 6.45) is 0. The van der Waals surface area contributed by atoms with Crippen LogP contribution in [0.4, 0.5) is 0 Å². The lowest BCUT2D eigenvalue weighted by atomic mass is 10.2. The van der Waals surface area contributed by atoms with Gasteiger partial charge in [-0.15, -0.1) is 11.3 Å². The lowest BCUT2D eigenvalue weighted by Crippen LogP contribution is -2.43. The van der Waals surface area contributed by atoms with Crippen LogP contribution in [0, 0.1) is 20.8 Å². The van der Waals surface area contributed by atoms with Gasteiger partial charge in [0.25, 0.3) is 11.8 Å². The molecule has 3 aromatic rings. The summed E-state index contributed by atoms with van der Waals surface area (Å²) in [5.41, 5.74) is 7.91. The quantitative estimate of drug-likeness (QED) is 0.583. The number of nitrogens with zero attached hydrogens (tertiary/aromatic N) is 3. The highest BCUT2D eigenvalue weighted by Crippen LogP contribution is 2.34. The van der Waals surface area contributed by atoms with Crippen molar-refractivity contribution in [2.24, 2.45) is 0 Å². The lowest BCUT2D eigenvalue weighted by molar-refractivity contribution is -0.122. The highest BCUT2D eigenvalue weighted by Gasteiger charge is 2.18. The molecule has 3 rings (SSSR count). The number of rotatable bonds is 6. The van der Waals surface area contributed by atoms with Crippen molar-refractivity contribution in [3.05, 3.63) is 46.2 Å². The Morgan fingerprint density at radius 1 is 1.07 bits per heavy atom. The third kappa shape index (κ3) is 4.60. The van der Waals surface area contributed by atoms with Gasteiger partial charge in [-0.2, -0.15) is 5.10 Å². The molecule has 10 heteroatoms. The molecule has 0 bridgehead atoms. The number of amides is 2. The minimum absolute atomic E-state index is 0.0124. The zero-order valence-electron chi connectivity index (χ0n) is 17.4. The molecular weight excluding hydrogens is 406 g/mol. The van der Waals surface area contributed by atoms with Gasteiger partial charge >= 0.3 is 0 Å². The minimum atomic E-state index is -0.432. The maximum atomic E-state index is 12.5. The minimum Gasteiger partial charge on any atom is -0.493 e. The summed E-state index contributed by atoms with van der Waals surface area (Å²) in [5.74, 6) is 0.373. The maximum absolute atomic E-state index is 12.5. The predicted octanol–water partition coefficient (Wildman–Crippen LogP) is 2.41. The highest BCUT2D eigenvalue weighted by molar-refractivity contribution is 7.17. The predicted molar refractivity (Wildman–Crippen MR) is 113 cm³/mol. The molecule has 0 fully saturated rings. The molecule has 2 N–H and O–H groups in total. The van der Waals surface area contributed by atoms with E-state index in [0.29, 0.717) is 27.1 Å². The Morgan fingerprint density at radius 3 is 2.43 bits per heavy atom. The van der Waals surface area contributed by atoms with Crippen molar-refractivity contribution in [3.63, 3.8) is 0 Å². The second kappa shape index (κ2) is 8.95. The number of carbonyl (C=O) groups excluding carboxylic acids is 2. The Morgan fingerprint density at radius 2 is 1.80 bits per heavy atom. The van der Waals surface area contributed by atoms with Crippen LogP contribution in [0.15, 0.2) is 24.3 Å². The van der Waals surface area contributed by atoms with E-state index < -0.39 is 5.91 Å². The van der Waals surface area contributed by atoms with Gasteiger partial charge in [0, 0.05) is 11.3 Å². The van der Waals surface area contributed by atoms with E-state index in [9.17, 15) is 9.59 Å². The molecule has 30 heavy (non-hydrogen) atoms. The third-order valence-electron chi connectivity index (χ3n) is 4.35. The summed E-state index contributed by atoms with van der Waals surface area (Å²) in [6.45, 7) is 5.47. The number of aromatic nitrogens is 3. The van der Waals surface area contributed by atoms with Crippen LogP contribution in [0.2, 0.25) is 0 Å². The first-order valence-corrected chi connectivity index (χ1v) is 9.94. The molecule has 0 aliphatic carbocycles. The summed E-state index contributed by atoms with van der Waals surface area (Å²) in [4.78, 5) is 29.6. The Bertz CT molecular complexity index is 1090. The van der Waals surface area contributed by atoms with E-state index in [1.54, 1.807) is 38.0 Å². The van der Waals surface area contributed by atoms with Crippen molar-refractivity contribution in [3.8, 4) is 22.1 Å². The van der Waals surface area contributed by atoms with E-state index in [1.807, 2.05) is 26.0 Å². The summed E-state index contributed by atoms with van der Waals surface area (Å²) >= 11 is 1.23. The Labute approximate surface area is 178 Å². The van der Waals surface area contributed by atoms with Gasteiger partial charge in [0.1, 0.15) is 16.4 Å². The number of carbonyl (C=O) groups is 2. The number of ether oxygens (including phenoxy) is 2. The van der Waals surface area contributed by atoms with Crippen LogP contribution in [-0.2, 0) is 11.3 Å². The average Bonchev–Trinajstić information content (AvgIpc) is 3.26. The molecule has 2 heterocycles. The van der Waals surface area contributed by atoms with Crippen molar-refractivity contribution >= 4 is 23.2 Å². The number of hydrazine groups is 1. The average molecular weight is 430 g/mol. The van der Waals surface area contributed by atoms with Crippen molar-refractivity contribution in [1.29, 1.82) is 0 Å². The number of thiazole rings is 1. The lowest BCUT2D eigenvalue weighted by Gasteiger charge is -2.08. The normalized spacial score (nSPS) is 10.6. The first-order valence-electron chi connectivity index (χ1n) is 9.12. The van der Waals surface area contributed by atoms with E-state index in [1.165, 1.54) is 11.3 Å². The molecule has 0 atom stereocenters. The molecule has 0 aliphatic rings. The maximum Gasteiger partial charge on any atom is 0.281 e. The van der Waals surface area contributed by atoms with Crippen LogP contribution in [0.1, 0.15) is 26.8 Å². The van der Waals surface area contributed by atoms with Crippen molar-refractivity contribution in [2.75, 3.05) is 14.2 Å². The van der Waals surface area contributed by atoms with Crippen molar-refractivity contribution in [1.82, 2.24) is 25.6 Å². The molecule has 0 saturated heterocycles. The van der Waals surface area contributed by atoms with Crippen LogP contribution in [0.5, 0.6) is 11.5 Å². The summed E-state index contributed by atoms with van der Waals surface area (Å²) in [7, 11) is 3.12. The van der Waals surface area contributed by atoms with E-state index in [4.69, 9.17) is 9.47 Å². The third-order valence-corrected chi connectivity index (χ3v) is 5.55. The summed E-state index contributed by atoms with van der Waals surface area (Å²) in [5, 5.41) is 4.89. The molecule has 0 unspecified atom stereocenters. The summed E-state index contributed by atoms with van der Waals surface area (Å²) in [6, 6.07) is 7.30. The van der Waals surface area contributed by atoms with Gasteiger partial charge in [-0.25, -0.2) is 4.98 Å². The van der Waals surface area contributed by atoms with Crippen LogP contribution in [0.3, 0.4) is 0 Å². The molecule has 158 valence electrons. The van der Waals surface area contributed by atoms with Gasteiger partial charge in [-0.3, -0.25) is 25.1 Å². The van der Waals surface area contributed by atoms with E-state index in [0.717, 1.165) is 17.0 Å². The smallest absolute Gasteiger partial charge is 0.281 e. The second-order valence-corrected chi connectivity index (χ2v) is 7.59. The topological polar surface area (TPSA) is 107 Å². The van der Waals surface area contributed by atoms with Crippen LogP contribution in [0.25, 0.3) is 10.6 Å². The van der Waals surface area contributed by atoms with Crippen LogP contribution in [-0.4, -0.2) is 40.8 Å². The fourth-order valence-electron chi connectivity index (χ4n) is 2.89. The molecule has 0 saturated carbocycles.